The van der Waals surface area contributed by atoms with Crippen molar-refractivity contribution in [3.63, 3.8) is 0 Å². The van der Waals surface area contributed by atoms with E-state index in [1.54, 1.807) is 18.4 Å². The fourth-order valence-electron chi connectivity index (χ4n) is 3.70. The van der Waals surface area contributed by atoms with E-state index >= 15 is 0 Å². The second kappa shape index (κ2) is 9.81. The van der Waals surface area contributed by atoms with Gasteiger partial charge in [-0.1, -0.05) is 41.6 Å². The average molecular weight is 461 g/mol. The van der Waals surface area contributed by atoms with Gasteiger partial charge in [-0.15, -0.1) is 0 Å². The number of hydrogen-bond acceptors (Lipinski definition) is 9. The van der Waals surface area contributed by atoms with Crippen LogP contribution in [0.4, 0.5) is 0 Å². The van der Waals surface area contributed by atoms with E-state index in [-0.39, 0.29) is 16.4 Å². The van der Waals surface area contributed by atoms with Crippen molar-refractivity contribution in [3.8, 4) is 17.3 Å². The minimum absolute atomic E-state index is 0.171. The fraction of sp³-hybridized carbons (Fsp3) is 0.429. The number of ether oxygens (including phenoxy) is 1. The van der Waals surface area contributed by atoms with E-state index in [1.807, 2.05) is 25.1 Å². The van der Waals surface area contributed by atoms with Gasteiger partial charge >= 0.3 is 0 Å². The molecule has 1 saturated heterocycles. The second-order valence-corrected chi connectivity index (χ2v) is 8.20. The molecule has 0 bridgehead atoms. The van der Waals surface area contributed by atoms with Crippen molar-refractivity contribution < 1.29 is 24.9 Å². The summed E-state index contributed by atoms with van der Waals surface area (Å²) in [4.78, 5) is 28.5. The quantitative estimate of drug-likeness (QED) is 0.354. The first-order valence-electron chi connectivity index (χ1n) is 9.80. The zero-order valence-corrected chi connectivity index (χ0v) is 18.5. The molecule has 0 aliphatic carbocycles. The van der Waals surface area contributed by atoms with Crippen molar-refractivity contribution >= 4 is 17.7 Å². The average Bonchev–Trinajstić information content (AvgIpc) is 2.77. The fourth-order valence-corrected chi connectivity index (χ4v) is 4.26. The normalized spacial score (nSPS) is 25.2. The van der Waals surface area contributed by atoms with E-state index in [0.717, 1.165) is 17.3 Å². The van der Waals surface area contributed by atoms with E-state index in [9.17, 15) is 30.2 Å². The molecular weight excluding hydrogens is 436 g/mol. The smallest absolute Gasteiger partial charge is 0.292 e. The maximum atomic E-state index is 12.6. The maximum absolute atomic E-state index is 12.6. The Kier molecular flexibility index (Phi) is 7.33. The van der Waals surface area contributed by atoms with Crippen LogP contribution < -0.4 is 10.9 Å². The van der Waals surface area contributed by atoms with Crippen LogP contribution in [-0.2, 0) is 9.53 Å². The molecule has 0 unspecified atom stereocenters. The van der Waals surface area contributed by atoms with Gasteiger partial charge in [-0.2, -0.15) is 10.2 Å². The van der Waals surface area contributed by atoms with Crippen LogP contribution in [-0.4, -0.2) is 68.0 Å². The van der Waals surface area contributed by atoms with Gasteiger partial charge in [0, 0.05) is 6.92 Å². The molecule has 1 aromatic carbocycles. The molecule has 0 radical (unpaired) electrons. The summed E-state index contributed by atoms with van der Waals surface area (Å²) in [7, 11) is 0. The Morgan fingerprint density at radius 3 is 2.50 bits per heavy atom. The number of nitriles is 1. The molecule has 2 heterocycles. The number of carbonyl (C=O) groups is 1. The molecular formula is C21H24N4O6S. The first-order valence-corrected chi connectivity index (χ1v) is 11.0. The van der Waals surface area contributed by atoms with Crippen molar-refractivity contribution in [2.45, 2.75) is 49.6 Å². The van der Waals surface area contributed by atoms with Gasteiger partial charge in [-0.3, -0.25) is 14.2 Å². The molecule has 32 heavy (non-hydrogen) atoms. The Balaban J connectivity index is 2.34. The summed E-state index contributed by atoms with van der Waals surface area (Å²) in [5.41, 5.74) is 0.711. The molecule has 1 aliphatic rings. The van der Waals surface area contributed by atoms with E-state index in [1.165, 1.54) is 11.5 Å². The van der Waals surface area contributed by atoms with Crippen molar-refractivity contribution in [2.24, 2.45) is 0 Å². The summed E-state index contributed by atoms with van der Waals surface area (Å²) >= 11 is 1.11. The Hall–Kier alpha value is -2.75. The molecule has 11 heteroatoms. The number of hydrogen-bond donors (Lipinski definition) is 4. The molecule has 1 aromatic heterocycles. The lowest BCUT2D eigenvalue weighted by atomic mass is 9.95. The van der Waals surface area contributed by atoms with Gasteiger partial charge in [-0.25, -0.2) is 0 Å². The number of aliphatic hydroxyl groups excluding tert-OH is 3. The number of nitrogens with one attached hydrogen (secondary N) is 1. The van der Waals surface area contributed by atoms with Gasteiger partial charge in [0.2, 0.25) is 5.91 Å². The van der Waals surface area contributed by atoms with Crippen molar-refractivity contribution in [2.75, 3.05) is 12.9 Å². The maximum Gasteiger partial charge on any atom is 0.292 e. The van der Waals surface area contributed by atoms with Gasteiger partial charge in [0.05, 0.1) is 12.3 Å². The molecule has 170 valence electrons. The summed E-state index contributed by atoms with van der Waals surface area (Å²) in [5, 5.41) is 43.3. The van der Waals surface area contributed by atoms with Gasteiger partial charge in [0.25, 0.3) is 5.56 Å². The molecule has 3 rings (SSSR count). The van der Waals surface area contributed by atoms with Crippen LogP contribution in [0.1, 0.15) is 24.3 Å². The lowest BCUT2D eigenvalue weighted by Gasteiger charge is -2.44. The predicted octanol–water partition coefficient (Wildman–Crippen LogP) is -0.0715. The number of aryl methyl sites for hydroxylation is 1. The van der Waals surface area contributed by atoms with Crippen molar-refractivity contribution in [1.82, 2.24) is 14.9 Å². The first-order chi connectivity index (χ1) is 15.2. The van der Waals surface area contributed by atoms with Gasteiger partial charge in [-0.05, 0) is 18.7 Å². The number of aromatic nitrogens is 2. The minimum atomic E-state index is -1.50. The molecule has 1 aliphatic heterocycles. The zero-order valence-electron chi connectivity index (χ0n) is 17.7. The van der Waals surface area contributed by atoms with Crippen LogP contribution in [0.15, 0.2) is 34.2 Å². The number of carbonyl (C=O) groups excluding carboxylic acids is 1. The number of amides is 1. The largest absolute Gasteiger partial charge is 0.394 e. The van der Waals surface area contributed by atoms with Crippen LogP contribution in [0, 0.1) is 18.3 Å². The first kappa shape index (κ1) is 23.9. The highest BCUT2D eigenvalue weighted by atomic mass is 32.2. The van der Waals surface area contributed by atoms with Crippen molar-refractivity contribution in [1.29, 1.82) is 5.26 Å². The Morgan fingerprint density at radius 1 is 1.31 bits per heavy atom. The lowest BCUT2D eigenvalue weighted by Crippen LogP contribution is -2.62. The minimum Gasteiger partial charge on any atom is -0.394 e. The van der Waals surface area contributed by atoms with E-state index < -0.39 is 48.7 Å². The zero-order chi connectivity index (χ0) is 23.6. The number of benzene rings is 1. The standard InChI is InChI=1S/C21H24N4O6S/c1-10-4-6-12(7-5-10)16-13(8-22)19(30)24-21(32-3)25(16)20-15(23-11(2)27)18(29)17(28)14(9-26)31-20/h4-7,14-15,17-18,20,26,28-29H,9H2,1-3H3,(H,23,27)/t14-,15-,17-,18-,20-/m1/s1. The third-order valence-corrected chi connectivity index (χ3v) is 5.89. The molecule has 0 spiro atoms. The number of nitrogens with zero attached hydrogens (tertiary/aromatic N) is 3. The van der Waals surface area contributed by atoms with E-state index in [4.69, 9.17) is 4.74 Å². The topological polar surface area (TPSA) is 158 Å². The second-order valence-electron chi connectivity index (χ2n) is 7.43. The summed E-state index contributed by atoms with van der Waals surface area (Å²) < 4.78 is 7.36. The van der Waals surface area contributed by atoms with Crippen LogP contribution in [0.25, 0.3) is 11.3 Å². The molecule has 0 saturated carbocycles. The summed E-state index contributed by atoms with van der Waals surface area (Å²) in [5.74, 6) is -0.491. The predicted molar refractivity (Wildman–Crippen MR) is 116 cm³/mol. The Bertz CT molecular complexity index is 1100. The highest BCUT2D eigenvalue weighted by Crippen LogP contribution is 2.36. The van der Waals surface area contributed by atoms with Crippen LogP contribution in [0.3, 0.4) is 0 Å². The lowest BCUT2D eigenvalue weighted by molar-refractivity contribution is -0.218. The van der Waals surface area contributed by atoms with Crippen molar-refractivity contribution in [3.05, 3.63) is 45.7 Å². The van der Waals surface area contributed by atoms with Gasteiger partial charge in [0.1, 0.15) is 36.0 Å². The molecule has 1 amide bonds. The molecule has 5 atom stereocenters. The van der Waals surface area contributed by atoms with E-state index in [0.29, 0.717) is 5.56 Å². The van der Waals surface area contributed by atoms with E-state index in [2.05, 4.69) is 10.3 Å². The molecule has 1 fully saturated rings. The SMILES string of the molecule is CSc1nc(=O)c(C#N)c(-c2ccc(C)cc2)n1[C@@H]1O[C@H](CO)[C@@H](O)[C@H](O)[C@H]1NC(C)=O. The Morgan fingerprint density at radius 2 is 1.97 bits per heavy atom. The molecule has 10 nitrogen and oxygen atoms in total. The monoisotopic (exact) mass is 460 g/mol. The highest BCUT2D eigenvalue weighted by Gasteiger charge is 2.47. The molecule has 4 N–H and O–H groups in total. The number of aliphatic hydroxyl groups is 3. The summed E-state index contributed by atoms with van der Waals surface area (Å²) in [6.07, 6.45) is -3.66. The highest BCUT2D eigenvalue weighted by molar-refractivity contribution is 7.98. The number of thioether (sulfide) groups is 1. The van der Waals surface area contributed by atoms with Crippen LogP contribution >= 0.6 is 11.8 Å². The summed E-state index contributed by atoms with van der Waals surface area (Å²) in [6, 6.07) is 7.83. The van der Waals surface area contributed by atoms with Gasteiger partial charge in [0.15, 0.2) is 11.4 Å². The third-order valence-electron chi connectivity index (χ3n) is 5.24. The summed E-state index contributed by atoms with van der Waals surface area (Å²) in [6.45, 7) is 2.53. The third kappa shape index (κ3) is 4.41. The van der Waals surface area contributed by atoms with Crippen LogP contribution in [0.2, 0.25) is 0 Å². The number of rotatable bonds is 5. The Labute approximate surface area is 188 Å². The molecule has 2 aromatic rings. The van der Waals surface area contributed by atoms with Crippen LogP contribution in [0.5, 0.6) is 0 Å². The van der Waals surface area contributed by atoms with Gasteiger partial charge < -0.3 is 25.4 Å².